The highest BCUT2D eigenvalue weighted by Gasteiger charge is 2.49. The minimum Gasteiger partial charge on any atom is -0.448 e. The number of benzene rings is 1. The van der Waals surface area contributed by atoms with E-state index in [1.54, 1.807) is 26.2 Å². The van der Waals surface area contributed by atoms with Crippen LogP contribution in [0, 0.1) is 25.7 Å². The Morgan fingerprint density at radius 3 is 2.56 bits per heavy atom. The van der Waals surface area contributed by atoms with Crippen molar-refractivity contribution in [3.05, 3.63) is 49.9 Å². The van der Waals surface area contributed by atoms with E-state index in [0.717, 1.165) is 25.9 Å². The van der Waals surface area contributed by atoms with Crippen molar-refractivity contribution < 1.29 is 25.8 Å². The van der Waals surface area contributed by atoms with Gasteiger partial charge in [-0.3, -0.25) is 9.59 Å². The monoisotopic (exact) mass is 583 g/mol. The van der Waals surface area contributed by atoms with E-state index in [-0.39, 0.29) is 40.8 Å². The maximum atomic E-state index is 13.4. The number of carbonyl (C=O) groups is 1. The van der Waals surface area contributed by atoms with Crippen molar-refractivity contribution in [2.75, 3.05) is 25.9 Å². The molecule has 1 saturated heterocycles. The molecule has 2 fully saturated rings. The van der Waals surface area contributed by atoms with Crippen molar-refractivity contribution in [2.24, 2.45) is 11.8 Å². The maximum Gasteiger partial charge on any atom is 0.254 e. The summed E-state index contributed by atoms with van der Waals surface area (Å²) in [7, 11) is 0. The number of hydrogen-bond acceptors (Lipinski definition) is 6. The van der Waals surface area contributed by atoms with Crippen LogP contribution in [0.3, 0.4) is 0 Å². The number of rotatable bonds is 7. The van der Waals surface area contributed by atoms with E-state index in [0.29, 0.717) is 34.2 Å². The Bertz CT molecular complexity index is 1430. The van der Waals surface area contributed by atoms with E-state index in [9.17, 15) is 18.4 Å². The van der Waals surface area contributed by atoms with Crippen molar-refractivity contribution in [3.63, 3.8) is 0 Å². The van der Waals surface area contributed by atoms with Crippen LogP contribution in [0.15, 0.2) is 21.8 Å². The Kier molecular flexibility index (Phi) is 6.97. The molecule has 11 heteroatoms. The lowest BCUT2D eigenvalue weighted by Crippen LogP contribution is -2.50. The van der Waals surface area contributed by atoms with Crippen molar-refractivity contribution in [1.29, 1.82) is 0 Å². The Hall–Kier alpha value is -2.30. The second-order valence-electron chi connectivity index (χ2n) is 10.9. The van der Waals surface area contributed by atoms with E-state index in [2.05, 4.69) is 15.2 Å². The van der Waals surface area contributed by atoms with E-state index in [1.807, 2.05) is 6.92 Å². The lowest BCUT2D eigenvalue weighted by molar-refractivity contribution is -0.134. The minimum absolute atomic E-state index is 0.00841. The van der Waals surface area contributed by atoms with Crippen LogP contribution in [0.5, 0.6) is 11.5 Å². The van der Waals surface area contributed by atoms with Gasteiger partial charge in [0.2, 0.25) is 5.92 Å². The highest BCUT2D eigenvalue weighted by atomic mass is 35.5. The fourth-order valence-electron chi connectivity index (χ4n) is 5.79. The Balaban J connectivity index is 1.30. The Morgan fingerprint density at radius 2 is 1.92 bits per heavy atom. The molecule has 1 aromatic carbocycles. The maximum absolute atomic E-state index is 13.4. The van der Waals surface area contributed by atoms with Gasteiger partial charge < -0.3 is 24.7 Å². The molecule has 7 nitrogen and oxygen atoms in total. The lowest BCUT2D eigenvalue weighted by Gasteiger charge is -2.42. The van der Waals surface area contributed by atoms with Gasteiger partial charge in [0.05, 0.1) is 7.76 Å². The number of H-pyrrole nitrogens is 1. The van der Waals surface area contributed by atoms with Crippen LogP contribution in [0.2, 0.25) is 5.02 Å². The summed E-state index contributed by atoms with van der Waals surface area (Å²) >= 11 is 7.77. The predicted octanol–water partition coefficient (Wildman–Crippen LogP) is 5.54. The molecule has 1 atom stereocenters. The number of aromatic nitrogens is 1. The third kappa shape index (κ3) is 5.65. The third-order valence-corrected chi connectivity index (χ3v) is 9.01. The van der Waals surface area contributed by atoms with Crippen molar-refractivity contribution in [1.82, 2.24) is 15.2 Å². The van der Waals surface area contributed by atoms with Gasteiger partial charge in [-0.05, 0) is 64.1 Å². The van der Waals surface area contributed by atoms with Crippen LogP contribution in [0.4, 0.5) is 8.78 Å². The van der Waals surface area contributed by atoms with Gasteiger partial charge in [0.15, 0.2) is 11.5 Å². The highest BCUT2D eigenvalue weighted by molar-refractivity contribution is 7.98. The summed E-state index contributed by atoms with van der Waals surface area (Å²) in [6.45, 7) is 4.91. The van der Waals surface area contributed by atoms with Gasteiger partial charge >= 0.3 is 0 Å². The van der Waals surface area contributed by atoms with Crippen LogP contribution < -0.4 is 20.3 Å². The molecule has 2 aliphatic heterocycles. The molecule has 212 valence electrons. The number of aromatic amines is 1. The first-order valence-electron chi connectivity index (χ1n) is 14.0. The molecule has 39 heavy (non-hydrogen) atoms. The van der Waals surface area contributed by atoms with E-state index >= 15 is 0 Å². The van der Waals surface area contributed by atoms with Crippen LogP contribution in [0.25, 0.3) is 0 Å². The minimum atomic E-state index is -2.51. The second kappa shape index (κ2) is 10.6. The number of halogens is 3. The summed E-state index contributed by atoms with van der Waals surface area (Å²) in [4.78, 5) is 31.2. The number of carbonyl (C=O) groups excluding carboxylic acids is 1. The summed E-state index contributed by atoms with van der Waals surface area (Å²) in [5.41, 5.74) is 0.325. The SMILES string of the molecule is [2H]C([2H])(NC(=O)c1cc(Cl)c2c(c1C)O[C@](C)(C1CCN(CC3CC(F)(F)C3)CC1)O2)c1c(SC)cc(C)[nH]c1=O. The van der Waals surface area contributed by atoms with Gasteiger partial charge in [0, 0.05) is 66.0 Å². The van der Waals surface area contributed by atoms with Gasteiger partial charge in [-0.2, -0.15) is 0 Å². The number of thioether (sulfide) groups is 1. The van der Waals surface area contributed by atoms with Gasteiger partial charge in [-0.1, -0.05) is 11.6 Å². The standard InChI is InChI=1S/C28H34ClF2N3O4S/c1-15-9-22(39-4)20(26(36)33-15)13-32-25(35)19-10-21(29)24-23(16(19)2)37-27(3,38-24)18-5-7-34(8-6-18)14-17-11-28(30,31)12-17/h9-10,17-18H,5-8,11-14H2,1-4H3,(H,32,35)(H,33,36)/t27-/m0/s1/i13D2. The zero-order valence-corrected chi connectivity index (χ0v) is 24.0. The summed E-state index contributed by atoms with van der Waals surface area (Å²) in [6.07, 6.45) is 3.15. The molecule has 3 heterocycles. The van der Waals surface area contributed by atoms with Gasteiger partial charge in [-0.15, -0.1) is 11.8 Å². The summed E-state index contributed by atoms with van der Waals surface area (Å²) < 4.78 is 56.1. The normalized spacial score (nSPS) is 24.2. The summed E-state index contributed by atoms with van der Waals surface area (Å²) in [5, 5.41) is 2.51. The van der Waals surface area contributed by atoms with Crippen LogP contribution >= 0.6 is 23.4 Å². The molecule has 2 N–H and O–H groups in total. The fraction of sp³-hybridized carbons (Fsp3) is 0.571. The molecule has 5 rings (SSSR count). The van der Waals surface area contributed by atoms with Crippen molar-refractivity contribution in [2.45, 2.75) is 69.6 Å². The van der Waals surface area contributed by atoms with Crippen LogP contribution in [-0.4, -0.2) is 53.4 Å². The molecular weight excluding hydrogens is 548 g/mol. The topological polar surface area (TPSA) is 83.7 Å². The third-order valence-electron chi connectivity index (χ3n) is 7.97. The summed E-state index contributed by atoms with van der Waals surface area (Å²) in [5.74, 6) is -3.61. The molecule has 1 saturated carbocycles. The molecule has 1 aliphatic carbocycles. The first kappa shape index (κ1) is 25.7. The molecule has 0 bridgehead atoms. The molecule has 1 amide bonds. The highest BCUT2D eigenvalue weighted by Crippen LogP contribution is 2.51. The van der Waals surface area contributed by atoms with Crippen molar-refractivity contribution in [3.8, 4) is 11.5 Å². The number of pyridine rings is 1. The summed E-state index contributed by atoms with van der Waals surface area (Å²) in [6, 6.07) is 3.08. The average molecular weight is 584 g/mol. The number of ether oxygens (including phenoxy) is 2. The number of nitrogens with zero attached hydrogens (tertiary/aromatic N) is 1. The van der Waals surface area contributed by atoms with Gasteiger partial charge in [-0.25, -0.2) is 8.78 Å². The van der Waals surface area contributed by atoms with E-state index in [4.69, 9.17) is 23.8 Å². The zero-order valence-electron chi connectivity index (χ0n) is 24.4. The van der Waals surface area contributed by atoms with E-state index < -0.39 is 29.7 Å². The number of amides is 1. The van der Waals surface area contributed by atoms with Gasteiger partial charge in [0.25, 0.3) is 17.3 Å². The zero-order chi connectivity index (χ0) is 29.9. The predicted molar refractivity (Wildman–Crippen MR) is 147 cm³/mol. The molecule has 2 aromatic rings. The number of aryl methyl sites for hydroxylation is 1. The van der Waals surface area contributed by atoms with Crippen LogP contribution in [0.1, 0.15) is 62.5 Å². The number of nitrogens with one attached hydrogen (secondary N) is 2. The largest absolute Gasteiger partial charge is 0.448 e. The Morgan fingerprint density at radius 1 is 1.26 bits per heavy atom. The molecule has 0 radical (unpaired) electrons. The number of likely N-dealkylation sites (tertiary alicyclic amines) is 1. The van der Waals surface area contributed by atoms with Crippen LogP contribution in [-0.2, 0) is 6.50 Å². The number of alkyl halides is 2. The average Bonchev–Trinajstić information content (AvgIpc) is 3.24. The first-order chi connectivity index (χ1) is 19.1. The van der Waals surface area contributed by atoms with Crippen molar-refractivity contribution >= 4 is 29.3 Å². The quantitative estimate of drug-likeness (QED) is 0.416. The van der Waals surface area contributed by atoms with E-state index in [1.165, 1.54) is 17.8 Å². The number of fused-ring (bicyclic) bond motifs is 1. The smallest absolute Gasteiger partial charge is 0.254 e. The lowest BCUT2D eigenvalue weighted by atomic mass is 9.80. The van der Waals surface area contributed by atoms with Gasteiger partial charge in [0.1, 0.15) is 0 Å². The number of hydrogen-bond donors (Lipinski definition) is 2. The molecule has 0 unspecified atom stereocenters. The Labute approximate surface area is 238 Å². The number of piperidine rings is 1. The second-order valence-corrected chi connectivity index (χ2v) is 12.2. The fourth-order valence-corrected chi connectivity index (χ4v) is 6.67. The molecular formula is C28H34ClF2N3O4S. The molecule has 1 aromatic heterocycles. The molecule has 3 aliphatic rings. The molecule has 0 spiro atoms. The first-order valence-corrected chi connectivity index (χ1v) is 14.6.